The summed E-state index contributed by atoms with van der Waals surface area (Å²) in [7, 11) is 0. The van der Waals surface area contributed by atoms with Crippen molar-refractivity contribution in [3.63, 3.8) is 0 Å². The lowest BCUT2D eigenvalue weighted by Gasteiger charge is -2.11. The number of rotatable bonds is 5. The Morgan fingerprint density at radius 2 is 2.00 bits per heavy atom. The molecule has 0 aliphatic rings. The first kappa shape index (κ1) is 19.6. The molecule has 0 bridgehead atoms. The largest absolute Gasteiger partial charge is 0.508 e. The summed E-state index contributed by atoms with van der Waals surface area (Å²) in [5, 5.41) is 14.6. The lowest BCUT2D eigenvalue weighted by molar-refractivity contribution is -0.144. The molecule has 0 amide bonds. The van der Waals surface area contributed by atoms with E-state index in [-0.39, 0.29) is 30.3 Å². The molecule has 0 saturated carbocycles. The summed E-state index contributed by atoms with van der Waals surface area (Å²) in [6, 6.07) is 7.67. The standard InChI is InChI=1S/C22H21N3O5/c1-12-8-20-23-13(2)17(14(3)25(20)24-12)6-7-21(27)29-11-15-9-22(28)30-19-10-16(26)4-5-18(15)19/h4-5,8-10,26H,6-7,11H2,1-3H3. The Labute approximate surface area is 171 Å². The topological polar surface area (TPSA) is 107 Å². The van der Waals surface area contributed by atoms with E-state index in [1.165, 1.54) is 18.2 Å². The number of phenols is 1. The van der Waals surface area contributed by atoms with Gasteiger partial charge in [-0.25, -0.2) is 14.3 Å². The zero-order valence-corrected chi connectivity index (χ0v) is 16.9. The molecule has 4 aromatic rings. The Balaban J connectivity index is 1.47. The van der Waals surface area contributed by atoms with Crippen LogP contribution in [-0.4, -0.2) is 25.7 Å². The van der Waals surface area contributed by atoms with Gasteiger partial charge in [0.25, 0.3) is 0 Å². The molecular weight excluding hydrogens is 386 g/mol. The Kier molecular flexibility index (Phi) is 4.99. The van der Waals surface area contributed by atoms with Crippen LogP contribution in [0.25, 0.3) is 16.6 Å². The number of ether oxygens (including phenoxy) is 1. The highest BCUT2D eigenvalue weighted by atomic mass is 16.5. The van der Waals surface area contributed by atoms with Gasteiger partial charge in [-0.2, -0.15) is 5.10 Å². The van der Waals surface area contributed by atoms with E-state index >= 15 is 0 Å². The van der Waals surface area contributed by atoms with Crippen molar-refractivity contribution in [1.82, 2.24) is 14.6 Å². The third-order valence-corrected chi connectivity index (χ3v) is 5.07. The molecule has 0 spiro atoms. The number of hydrogen-bond acceptors (Lipinski definition) is 7. The molecule has 3 aromatic heterocycles. The van der Waals surface area contributed by atoms with Crippen LogP contribution in [0.15, 0.2) is 39.5 Å². The number of esters is 1. The molecule has 0 aliphatic carbocycles. The zero-order chi connectivity index (χ0) is 21.4. The Bertz CT molecular complexity index is 1340. The second kappa shape index (κ2) is 7.62. The SMILES string of the molecule is Cc1cc2nc(C)c(CCC(=O)OCc3cc(=O)oc4cc(O)ccc34)c(C)n2n1. The molecule has 0 fully saturated rings. The van der Waals surface area contributed by atoms with Gasteiger partial charge in [-0.3, -0.25) is 4.79 Å². The zero-order valence-electron chi connectivity index (χ0n) is 16.9. The van der Waals surface area contributed by atoms with E-state index in [2.05, 4.69) is 10.1 Å². The van der Waals surface area contributed by atoms with Crippen molar-refractivity contribution in [2.75, 3.05) is 0 Å². The van der Waals surface area contributed by atoms with Crippen molar-refractivity contribution in [3.05, 3.63) is 69.0 Å². The van der Waals surface area contributed by atoms with Crippen LogP contribution in [0.1, 0.15) is 34.6 Å². The van der Waals surface area contributed by atoms with Crippen LogP contribution in [0.5, 0.6) is 5.75 Å². The van der Waals surface area contributed by atoms with Crippen LogP contribution in [0.4, 0.5) is 0 Å². The first-order valence-corrected chi connectivity index (χ1v) is 9.55. The van der Waals surface area contributed by atoms with Gasteiger partial charge in [0.1, 0.15) is 17.9 Å². The fourth-order valence-corrected chi connectivity index (χ4v) is 3.60. The summed E-state index contributed by atoms with van der Waals surface area (Å²) in [6.07, 6.45) is 0.652. The Morgan fingerprint density at radius 3 is 2.80 bits per heavy atom. The number of benzene rings is 1. The first-order chi connectivity index (χ1) is 14.3. The van der Waals surface area contributed by atoms with Gasteiger partial charge >= 0.3 is 11.6 Å². The van der Waals surface area contributed by atoms with Crippen molar-refractivity contribution >= 4 is 22.6 Å². The van der Waals surface area contributed by atoms with E-state index < -0.39 is 5.63 Å². The molecule has 0 saturated heterocycles. The van der Waals surface area contributed by atoms with E-state index in [0.29, 0.717) is 17.4 Å². The van der Waals surface area contributed by atoms with Crippen molar-refractivity contribution in [2.45, 2.75) is 40.2 Å². The molecule has 0 atom stereocenters. The van der Waals surface area contributed by atoms with Crippen LogP contribution < -0.4 is 5.63 Å². The van der Waals surface area contributed by atoms with Gasteiger partial charge in [-0.15, -0.1) is 0 Å². The monoisotopic (exact) mass is 407 g/mol. The second-order valence-corrected chi connectivity index (χ2v) is 7.25. The molecule has 8 heteroatoms. The maximum absolute atomic E-state index is 12.3. The highest BCUT2D eigenvalue weighted by Gasteiger charge is 2.14. The van der Waals surface area contributed by atoms with Gasteiger partial charge in [0.15, 0.2) is 5.65 Å². The van der Waals surface area contributed by atoms with Gasteiger partial charge in [0.05, 0.1) is 5.69 Å². The van der Waals surface area contributed by atoms with Crippen molar-refractivity contribution in [3.8, 4) is 5.75 Å². The van der Waals surface area contributed by atoms with Gasteiger partial charge < -0.3 is 14.3 Å². The molecular formula is C22H21N3O5. The van der Waals surface area contributed by atoms with Crippen molar-refractivity contribution in [2.24, 2.45) is 0 Å². The third-order valence-electron chi connectivity index (χ3n) is 5.07. The molecule has 0 radical (unpaired) electrons. The smallest absolute Gasteiger partial charge is 0.336 e. The fraction of sp³-hybridized carbons (Fsp3) is 0.273. The highest BCUT2D eigenvalue weighted by molar-refractivity contribution is 5.81. The number of aryl methyl sites for hydroxylation is 3. The van der Waals surface area contributed by atoms with E-state index in [0.717, 1.165) is 28.3 Å². The van der Waals surface area contributed by atoms with Gasteiger partial charge in [0.2, 0.25) is 0 Å². The lowest BCUT2D eigenvalue weighted by Crippen LogP contribution is -2.11. The molecule has 154 valence electrons. The maximum Gasteiger partial charge on any atom is 0.336 e. The fourth-order valence-electron chi connectivity index (χ4n) is 3.60. The summed E-state index contributed by atoms with van der Waals surface area (Å²) in [6.45, 7) is 5.73. The number of carbonyl (C=O) groups is 1. The number of phenolic OH excluding ortho intramolecular Hbond substituents is 1. The number of carbonyl (C=O) groups excluding carboxylic acids is 1. The van der Waals surface area contributed by atoms with Crippen LogP contribution >= 0.6 is 0 Å². The Morgan fingerprint density at radius 1 is 1.20 bits per heavy atom. The molecule has 0 aliphatic heterocycles. The van der Waals surface area contributed by atoms with Crippen LogP contribution in [-0.2, 0) is 22.6 Å². The molecule has 4 rings (SSSR count). The second-order valence-electron chi connectivity index (χ2n) is 7.25. The van der Waals surface area contributed by atoms with Gasteiger partial charge in [0, 0.05) is 47.0 Å². The minimum atomic E-state index is -0.570. The molecule has 3 heterocycles. The first-order valence-electron chi connectivity index (χ1n) is 9.55. The highest BCUT2D eigenvalue weighted by Crippen LogP contribution is 2.23. The average molecular weight is 407 g/mol. The summed E-state index contributed by atoms with van der Waals surface area (Å²) in [4.78, 5) is 28.7. The molecule has 0 unspecified atom stereocenters. The number of fused-ring (bicyclic) bond motifs is 2. The summed E-state index contributed by atoms with van der Waals surface area (Å²) in [5.74, 6) is -0.394. The van der Waals surface area contributed by atoms with Gasteiger partial charge in [-0.05, 0) is 44.9 Å². The maximum atomic E-state index is 12.3. The Hall–Kier alpha value is -3.68. The van der Waals surface area contributed by atoms with Crippen LogP contribution in [0, 0.1) is 20.8 Å². The lowest BCUT2D eigenvalue weighted by atomic mass is 10.1. The molecule has 8 nitrogen and oxygen atoms in total. The molecule has 1 N–H and O–H groups in total. The quantitative estimate of drug-likeness (QED) is 0.400. The van der Waals surface area contributed by atoms with E-state index in [9.17, 15) is 14.7 Å². The van der Waals surface area contributed by atoms with E-state index in [4.69, 9.17) is 9.15 Å². The minimum absolute atomic E-state index is 0.0107. The summed E-state index contributed by atoms with van der Waals surface area (Å²) >= 11 is 0. The van der Waals surface area contributed by atoms with Gasteiger partial charge in [-0.1, -0.05) is 0 Å². The number of aromatic hydroxyl groups is 1. The predicted molar refractivity (Wildman–Crippen MR) is 109 cm³/mol. The molecule has 30 heavy (non-hydrogen) atoms. The summed E-state index contributed by atoms with van der Waals surface area (Å²) in [5.41, 5.74) is 4.64. The number of nitrogens with zero attached hydrogens (tertiary/aromatic N) is 3. The third kappa shape index (κ3) is 3.76. The minimum Gasteiger partial charge on any atom is -0.508 e. The number of aromatic nitrogens is 3. The number of hydrogen-bond donors (Lipinski definition) is 1. The van der Waals surface area contributed by atoms with E-state index in [1.807, 2.05) is 26.8 Å². The van der Waals surface area contributed by atoms with Crippen LogP contribution in [0.3, 0.4) is 0 Å². The average Bonchev–Trinajstić information content (AvgIpc) is 3.05. The van der Waals surface area contributed by atoms with Crippen LogP contribution in [0.2, 0.25) is 0 Å². The summed E-state index contributed by atoms with van der Waals surface area (Å²) < 4.78 is 12.3. The van der Waals surface area contributed by atoms with E-state index in [1.54, 1.807) is 10.6 Å². The predicted octanol–water partition coefficient (Wildman–Crippen LogP) is 3.14. The molecule has 1 aromatic carbocycles. The normalized spacial score (nSPS) is 11.3. The van der Waals surface area contributed by atoms with Crippen molar-refractivity contribution in [1.29, 1.82) is 0 Å². The van der Waals surface area contributed by atoms with Crippen molar-refractivity contribution < 1.29 is 19.1 Å².